The fraction of sp³-hybridized carbons (Fsp3) is 0.583. The maximum absolute atomic E-state index is 4.55. The summed E-state index contributed by atoms with van der Waals surface area (Å²) in [5, 5.41) is 0. The summed E-state index contributed by atoms with van der Waals surface area (Å²) >= 11 is 0. The Labute approximate surface area is 86.0 Å². The predicted octanol–water partition coefficient (Wildman–Crippen LogP) is 2.19. The number of hydrogen-bond donors (Lipinski definition) is 0. The van der Waals surface area contributed by atoms with Crippen LogP contribution in [0.25, 0.3) is 0 Å². The van der Waals surface area contributed by atoms with E-state index in [0.717, 1.165) is 19.5 Å². The lowest BCUT2D eigenvalue weighted by Crippen LogP contribution is -2.27. The minimum absolute atomic E-state index is 0.583. The van der Waals surface area contributed by atoms with Crippen molar-refractivity contribution in [3.8, 4) is 0 Å². The molecule has 0 spiro atoms. The standard InChI is InChI=1S/C12H18N2/c1-9(2)10-6-11-8-14(3)5-4-12(11)13-7-10/h6-7,9H,4-5,8H2,1-3H3. The van der Waals surface area contributed by atoms with Crippen LogP contribution in [-0.2, 0) is 13.0 Å². The van der Waals surface area contributed by atoms with Gasteiger partial charge < -0.3 is 4.90 Å². The van der Waals surface area contributed by atoms with Gasteiger partial charge in [-0.25, -0.2) is 0 Å². The summed E-state index contributed by atoms with van der Waals surface area (Å²) in [5.74, 6) is 0.583. The van der Waals surface area contributed by atoms with Gasteiger partial charge in [0.1, 0.15) is 0 Å². The SMILES string of the molecule is CC(C)c1cnc2c(c1)CN(C)CC2. The van der Waals surface area contributed by atoms with E-state index in [1.54, 1.807) is 0 Å². The molecule has 0 saturated carbocycles. The van der Waals surface area contributed by atoms with Crippen LogP contribution in [0.1, 0.15) is 36.6 Å². The molecule has 0 N–H and O–H groups in total. The van der Waals surface area contributed by atoms with Gasteiger partial charge in [-0.1, -0.05) is 19.9 Å². The number of nitrogens with zero attached hydrogens (tertiary/aromatic N) is 2. The third-order valence-electron chi connectivity index (χ3n) is 2.92. The normalized spacial score (nSPS) is 17.1. The Balaban J connectivity index is 2.33. The lowest BCUT2D eigenvalue weighted by Gasteiger charge is -2.24. The molecule has 0 fully saturated rings. The Morgan fingerprint density at radius 3 is 2.93 bits per heavy atom. The second-order valence-corrected chi connectivity index (χ2v) is 4.52. The number of rotatable bonds is 1. The molecule has 0 bridgehead atoms. The molecule has 0 aromatic carbocycles. The van der Waals surface area contributed by atoms with Crippen molar-refractivity contribution in [2.75, 3.05) is 13.6 Å². The molecule has 1 aliphatic rings. The van der Waals surface area contributed by atoms with Gasteiger partial charge in [0.15, 0.2) is 0 Å². The van der Waals surface area contributed by atoms with Crippen LogP contribution in [0.3, 0.4) is 0 Å². The van der Waals surface area contributed by atoms with E-state index in [1.807, 2.05) is 6.20 Å². The van der Waals surface area contributed by atoms with Crippen molar-refractivity contribution >= 4 is 0 Å². The summed E-state index contributed by atoms with van der Waals surface area (Å²) in [6, 6.07) is 2.32. The predicted molar refractivity (Wildman–Crippen MR) is 58.4 cm³/mol. The van der Waals surface area contributed by atoms with E-state index in [1.165, 1.54) is 16.8 Å². The molecule has 0 atom stereocenters. The highest BCUT2D eigenvalue weighted by Crippen LogP contribution is 2.20. The van der Waals surface area contributed by atoms with E-state index in [9.17, 15) is 0 Å². The molecule has 14 heavy (non-hydrogen) atoms. The van der Waals surface area contributed by atoms with Crippen LogP contribution in [0.2, 0.25) is 0 Å². The summed E-state index contributed by atoms with van der Waals surface area (Å²) in [6.45, 7) is 6.63. The molecule has 2 heterocycles. The van der Waals surface area contributed by atoms with Gasteiger partial charge in [-0.3, -0.25) is 4.98 Å². The Hall–Kier alpha value is -0.890. The lowest BCUT2D eigenvalue weighted by molar-refractivity contribution is 0.309. The van der Waals surface area contributed by atoms with Crippen molar-refractivity contribution < 1.29 is 0 Å². The Morgan fingerprint density at radius 1 is 1.43 bits per heavy atom. The summed E-state index contributed by atoms with van der Waals surface area (Å²) in [5.41, 5.74) is 4.08. The second-order valence-electron chi connectivity index (χ2n) is 4.52. The van der Waals surface area contributed by atoms with E-state index in [0.29, 0.717) is 5.92 Å². The number of hydrogen-bond acceptors (Lipinski definition) is 2. The van der Waals surface area contributed by atoms with Crippen LogP contribution < -0.4 is 0 Å². The Bertz CT molecular complexity index is 331. The molecule has 0 unspecified atom stereocenters. The van der Waals surface area contributed by atoms with Gasteiger partial charge >= 0.3 is 0 Å². The van der Waals surface area contributed by atoms with Crippen molar-refractivity contribution in [2.45, 2.75) is 32.7 Å². The maximum atomic E-state index is 4.55. The van der Waals surface area contributed by atoms with Gasteiger partial charge in [0, 0.05) is 31.4 Å². The fourth-order valence-electron chi connectivity index (χ4n) is 1.90. The second kappa shape index (κ2) is 3.70. The fourth-order valence-corrected chi connectivity index (χ4v) is 1.90. The maximum Gasteiger partial charge on any atom is 0.0461 e. The molecule has 1 aliphatic heterocycles. The average Bonchev–Trinajstić information content (AvgIpc) is 2.16. The minimum atomic E-state index is 0.583. The van der Waals surface area contributed by atoms with Gasteiger partial charge in [0.05, 0.1) is 0 Å². The smallest absolute Gasteiger partial charge is 0.0461 e. The van der Waals surface area contributed by atoms with E-state index in [2.05, 4.69) is 36.8 Å². The van der Waals surface area contributed by atoms with Crippen LogP contribution in [0, 0.1) is 0 Å². The van der Waals surface area contributed by atoms with E-state index < -0.39 is 0 Å². The zero-order valence-corrected chi connectivity index (χ0v) is 9.25. The largest absolute Gasteiger partial charge is 0.302 e. The highest BCUT2D eigenvalue weighted by Gasteiger charge is 2.14. The van der Waals surface area contributed by atoms with Gasteiger partial charge in [-0.2, -0.15) is 0 Å². The molecule has 2 heteroatoms. The van der Waals surface area contributed by atoms with E-state index in [4.69, 9.17) is 0 Å². The van der Waals surface area contributed by atoms with Gasteiger partial charge in [0.2, 0.25) is 0 Å². The van der Waals surface area contributed by atoms with Gasteiger partial charge in [0.25, 0.3) is 0 Å². The molecule has 0 aliphatic carbocycles. The minimum Gasteiger partial charge on any atom is -0.302 e. The molecule has 0 amide bonds. The van der Waals surface area contributed by atoms with Crippen molar-refractivity contribution in [1.82, 2.24) is 9.88 Å². The molecule has 0 radical (unpaired) electrons. The van der Waals surface area contributed by atoms with Crippen molar-refractivity contribution in [1.29, 1.82) is 0 Å². The topological polar surface area (TPSA) is 16.1 Å². The highest BCUT2D eigenvalue weighted by molar-refractivity contribution is 5.28. The van der Waals surface area contributed by atoms with Crippen LogP contribution in [0.5, 0.6) is 0 Å². The third-order valence-corrected chi connectivity index (χ3v) is 2.92. The average molecular weight is 190 g/mol. The third kappa shape index (κ3) is 1.80. The monoisotopic (exact) mass is 190 g/mol. The van der Waals surface area contributed by atoms with Crippen LogP contribution in [0.15, 0.2) is 12.3 Å². The first-order valence-electron chi connectivity index (χ1n) is 5.33. The van der Waals surface area contributed by atoms with Crippen LogP contribution in [0.4, 0.5) is 0 Å². The Kier molecular flexibility index (Phi) is 2.55. The lowest BCUT2D eigenvalue weighted by atomic mass is 9.99. The van der Waals surface area contributed by atoms with Crippen molar-refractivity contribution in [3.05, 3.63) is 29.1 Å². The summed E-state index contributed by atoms with van der Waals surface area (Å²) < 4.78 is 0. The first-order valence-corrected chi connectivity index (χ1v) is 5.33. The van der Waals surface area contributed by atoms with E-state index >= 15 is 0 Å². The van der Waals surface area contributed by atoms with Crippen LogP contribution >= 0.6 is 0 Å². The molecular formula is C12H18N2. The van der Waals surface area contributed by atoms with Crippen LogP contribution in [-0.4, -0.2) is 23.5 Å². The summed E-state index contributed by atoms with van der Waals surface area (Å²) in [6.07, 6.45) is 3.14. The number of aromatic nitrogens is 1. The molecule has 76 valence electrons. The van der Waals surface area contributed by atoms with Gasteiger partial charge in [-0.15, -0.1) is 0 Å². The summed E-state index contributed by atoms with van der Waals surface area (Å²) in [4.78, 5) is 6.90. The molecule has 0 saturated heterocycles. The highest BCUT2D eigenvalue weighted by atomic mass is 15.1. The zero-order chi connectivity index (χ0) is 10.1. The molecule has 2 rings (SSSR count). The first kappa shape index (κ1) is 9.66. The molecular weight excluding hydrogens is 172 g/mol. The number of likely N-dealkylation sites (N-methyl/N-ethyl adjacent to an activating group) is 1. The summed E-state index contributed by atoms with van der Waals surface area (Å²) in [7, 11) is 2.17. The van der Waals surface area contributed by atoms with Crippen molar-refractivity contribution in [3.63, 3.8) is 0 Å². The molecule has 1 aromatic rings. The molecule has 1 aromatic heterocycles. The van der Waals surface area contributed by atoms with E-state index in [-0.39, 0.29) is 0 Å². The van der Waals surface area contributed by atoms with Crippen molar-refractivity contribution in [2.24, 2.45) is 0 Å². The number of pyridine rings is 1. The van der Waals surface area contributed by atoms with Gasteiger partial charge in [-0.05, 0) is 24.1 Å². The first-order chi connectivity index (χ1) is 6.66. The zero-order valence-electron chi connectivity index (χ0n) is 9.25. The number of fused-ring (bicyclic) bond motifs is 1. The molecule has 2 nitrogen and oxygen atoms in total. The quantitative estimate of drug-likeness (QED) is 0.675. The Morgan fingerprint density at radius 2 is 2.21 bits per heavy atom.